The SMILES string of the molecule is COc1ccc2c(c1)O[C@@]1(CCC(=O)N([C@@H](C)C(=O)O)CC1)NC2=O. The Morgan fingerprint density at radius 3 is 2.84 bits per heavy atom. The number of benzene rings is 1. The first-order chi connectivity index (χ1) is 11.8. The van der Waals surface area contributed by atoms with Crippen LogP contribution in [0.2, 0.25) is 0 Å². The van der Waals surface area contributed by atoms with E-state index in [2.05, 4.69) is 5.32 Å². The molecule has 134 valence electrons. The number of hydrogen-bond donors (Lipinski definition) is 2. The summed E-state index contributed by atoms with van der Waals surface area (Å²) in [5, 5.41) is 12.0. The fourth-order valence-corrected chi connectivity index (χ4v) is 3.19. The smallest absolute Gasteiger partial charge is 0.326 e. The topological polar surface area (TPSA) is 105 Å². The maximum absolute atomic E-state index is 12.5. The van der Waals surface area contributed by atoms with Crippen molar-refractivity contribution in [2.45, 2.75) is 38.0 Å². The van der Waals surface area contributed by atoms with Crippen LogP contribution >= 0.6 is 0 Å². The zero-order chi connectivity index (χ0) is 18.2. The zero-order valence-corrected chi connectivity index (χ0v) is 14.1. The average molecular weight is 348 g/mol. The first-order valence-electron chi connectivity index (χ1n) is 8.07. The summed E-state index contributed by atoms with van der Waals surface area (Å²) in [6.45, 7) is 1.66. The first-order valence-corrected chi connectivity index (χ1v) is 8.07. The molecule has 2 N–H and O–H groups in total. The molecule has 3 rings (SSSR count). The molecule has 0 radical (unpaired) electrons. The quantitative estimate of drug-likeness (QED) is 0.844. The zero-order valence-electron chi connectivity index (χ0n) is 14.1. The summed E-state index contributed by atoms with van der Waals surface area (Å²) >= 11 is 0. The summed E-state index contributed by atoms with van der Waals surface area (Å²) < 4.78 is 11.2. The molecule has 0 aliphatic carbocycles. The Labute approximate surface area is 144 Å². The summed E-state index contributed by atoms with van der Waals surface area (Å²) in [5.41, 5.74) is -0.628. The lowest BCUT2D eigenvalue weighted by Crippen LogP contribution is -2.56. The second kappa shape index (κ2) is 6.27. The number of aliphatic carboxylic acids is 1. The number of carboxylic acid groups (broad SMARTS) is 1. The third kappa shape index (κ3) is 3.11. The van der Waals surface area contributed by atoms with Crippen molar-refractivity contribution in [3.8, 4) is 11.5 Å². The van der Waals surface area contributed by atoms with Gasteiger partial charge in [0.25, 0.3) is 5.91 Å². The van der Waals surface area contributed by atoms with Gasteiger partial charge in [-0.05, 0) is 19.1 Å². The van der Waals surface area contributed by atoms with Crippen molar-refractivity contribution in [2.75, 3.05) is 13.7 Å². The van der Waals surface area contributed by atoms with E-state index in [1.807, 2.05) is 0 Å². The minimum atomic E-state index is -1.06. The van der Waals surface area contributed by atoms with Gasteiger partial charge in [0, 0.05) is 31.9 Å². The molecule has 2 aliphatic rings. The fourth-order valence-electron chi connectivity index (χ4n) is 3.19. The van der Waals surface area contributed by atoms with Gasteiger partial charge in [0.15, 0.2) is 5.72 Å². The van der Waals surface area contributed by atoms with E-state index in [4.69, 9.17) is 14.6 Å². The summed E-state index contributed by atoms with van der Waals surface area (Å²) in [6, 6.07) is 4.01. The number of rotatable bonds is 3. The van der Waals surface area contributed by atoms with Gasteiger partial charge in [-0.15, -0.1) is 0 Å². The molecular weight excluding hydrogens is 328 g/mol. The summed E-state index contributed by atoms with van der Waals surface area (Å²) in [6.07, 6.45) is 0.674. The van der Waals surface area contributed by atoms with Crippen molar-refractivity contribution in [3.05, 3.63) is 23.8 Å². The molecule has 0 aromatic heterocycles. The molecule has 0 saturated carbocycles. The lowest BCUT2D eigenvalue weighted by molar-refractivity contribution is -0.149. The molecule has 0 bridgehead atoms. The van der Waals surface area contributed by atoms with Gasteiger partial charge in [-0.2, -0.15) is 0 Å². The summed E-state index contributed by atoms with van der Waals surface area (Å²) in [5.74, 6) is -0.644. The van der Waals surface area contributed by atoms with E-state index >= 15 is 0 Å². The van der Waals surface area contributed by atoms with E-state index in [-0.39, 0.29) is 31.2 Å². The number of amides is 2. The van der Waals surface area contributed by atoms with Crippen LogP contribution in [0.5, 0.6) is 11.5 Å². The Kier molecular flexibility index (Phi) is 4.28. The maximum atomic E-state index is 12.5. The van der Waals surface area contributed by atoms with E-state index in [0.717, 1.165) is 0 Å². The monoisotopic (exact) mass is 348 g/mol. The molecule has 1 saturated heterocycles. The van der Waals surface area contributed by atoms with Crippen LogP contribution in [0.15, 0.2) is 18.2 Å². The number of carbonyl (C=O) groups excluding carboxylic acids is 2. The van der Waals surface area contributed by atoms with Crippen LogP contribution in [-0.2, 0) is 9.59 Å². The second-order valence-electron chi connectivity index (χ2n) is 6.26. The third-order valence-electron chi connectivity index (χ3n) is 4.72. The molecule has 1 spiro atoms. The molecule has 2 amide bonds. The average Bonchev–Trinajstić information content (AvgIpc) is 2.73. The van der Waals surface area contributed by atoms with Gasteiger partial charge in [-0.1, -0.05) is 0 Å². The Balaban J connectivity index is 1.86. The van der Waals surface area contributed by atoms with Gasteiger partial charge in [0.2, 0.25) is 5.91 Å². The number of carbonyl (C=O) groups is 3. The number of nitrogens with zero attached hydrogens (tertiary/aromatic N) is 1. The van der Waals surface area contributed by atoms with E-state index < -0.39 is 17.7 Å². The highest BCUT2D eigenvalue weighted by Crippen LogP contribution is 2.36. The van der Waals surface area contributed by atoms with Gasteiger partial charge >= 0.3 is 5.97 Å². The molecule has 1 aromatic rings. The molecule has 1 fully saturated rings. The van der Waals surface area contributed by atoms with Crippen molar-refractivity contribution < 1.29 is 29.0 Å². The van der Waals surface area contributed by atoms with E-state index in [1.165, 1.54) is 18.9 Å². The minimum absolute atomic E-state index is 0.0944. The summed E-state index contributed by atoms with van der Waals surface area (Å²) in [4.78, 5) is 37.3. The molecule has 2 heterocycles. The molecule has 0 unspecified atom stereocenters. The number of fused-ring (bicyclic) bond motifs is 1. The van der Waals surface area contributed by atoms with Crippen molar-refractivity contribution in [1.82, 2.24) is 10.2 Å². The molecule has 8 heteroatoms. The van der Waals surface area contributed by atoms with Crippen LogP contribution in [-0.4, -0.2) is 53.2 Å². The number of likely N-dealkylation sites (tertiary alicyclic amines) is 1. The number of methoxy groups -OCH3 is 1. The van der Waals surface area contributed by atoms with Crippen LogP contribution < -0.4 is 14.8 Å². The highest BCUT2D eigenvalue weighted by atomic mass is 16.5. The van der Waals surface area contributed by atoms with Crippen molar-refractivity contribution in [3.63, 3.8) is 0 Å². The Hall–Kier alpha value is -2.77. The molecule has 2 aliphatic heterocycles. The van der Waals surface area contributed by atoms with Crippen molar-refractivity contribution >= 4 is 17.8 Å². The van der Waals surface area contributed by atoms with Gasteiger partial charge in [-0.25, -0.2) is 4.79 Å². The standard InChI is InChI=1S/C17H20N2O6/c1-10(16(22)23)19-8-7-17(6-5-14(19)20)18-15(21)12-4-3-11(24-2)9-13(12)25-17/h3-4,9-10H,5-8H2,1-2H3,(H,18,21)(H,22,23)/t10-,17+/m0/s1. The fraction of sp³-hybridized carbons (Fsp3) is 0.471. The molecule has 25 heavy (non-hydrogen) atoms. The minimum Gasteiger partial charge on any atom is -0.497 e. The van der Waals surface area contributed by atoms with E-state index in [9.17, 15) is 14.4 Å². The van der Waals surface area contributed by atoms with Gasteiger partial charge in [-0.3, -0.25) is 9.59 Å². The Morgan fingerprint density at radius 2 is 2.16 bits per heavy atom. The van der Waals surface area contributed by atoms with Gasteiger partial charge in [0.05, 0.1) is 12.7 Å². The lowest BCUT2D eigenvalue weighted by atomic mass is 10.00. The molecular formula is C17H20N2O6. The normalized spacial score (nSPS) is 24.0. The van der Waals surface area contributed by atoms with Crippen LogP contribution in [0.1, 0.15) is 36.5 Å². The van der Waals surface area contributed by atoms with Crippen LogP contribution in [0, 0.1) is 0 Å². The molecule has 1 aromatic carbocycles. The Morgan fingerprint density at radius 1 is 1.40 bits per heavy atom. The number of carboxylic acids is 1. The van der Waals surface area contributed by atoms with Crippen molar-refractivity contribution in [1.29, 1.82) is 0 Å². The van der Waals surface area contributed by atoms with Gasteiger partial charge < -0.3 is 24.8 Å². The predicted octanol–water partition coefficient (Wildman–Crippen LogP) is 0.999. The van der Waals surface area contributed by atoms with Crippen molar-refractivity contribution in [2.24, 2.45) is 0 Å². The van der Waals surface area contributed by atoms with Crippen LogP contribution in [0.3, 0.4) is 0 Å². The van der Waals surface area contributed by atoms with E-state index in [1.54, 1.807) is 18.2 Å². The maximum Gasteiger partial charge on any atom is 0.326 e. The van der Waals surface area contributed by atoms with Gasteiger partial charge in [0.1, 0.15) is 17.5 Å². The molecule has 8 nitrogen and oxygen atoms in total. The van der Waals surface area contributed by atoms with E-state index in [0.29, 0.717) is 23.5 Å². The molecule has 2 atom stereocenters. The largest absolute Gasteiger partial charge is 0.497 e. The predicted molar refractivity (Wildman–Crippen MR) is 86.5 cm³/mol. The second-order valence-corrected chi connectivity index (χ2v) is 6.26. The lowest BCUT2D eigenvalue weighted by Gasteiger charge is -2.38. The highest BCUT2D eigenvalue weighted by Gasteiger charge is 2.43. The third-order valence-corrected chi connectivity index (χ3v) is 4.72. The number of nitrogens with one attached hydrogen (secondary N) is 1. The summed E-state index contributed by atoms with van der Waals surface area (Å²) in [7, 11) is 1.52. The first kappa shape index (κ1) is 17.1. The Bertz CT molecular complexity index is 734. The number of ether oxygens (including phenoxy) is 2. The number of hydrogen-bond acceptors (Lipinski definition) is 5. The van der Waals surface area contributed by atoms with Crippen LogP contribution in [0.25, 0.3) is 0 Å². The highest BCUT2D eigenvalue weighted by molar-refractivity contribution is 5.98. The van der Waals surface area contributed by atoms with Crippen LogP contribution in [0.4, 0.5) is 0 Å².